The van der Waals surface area contributed by atoms with E-state index < -0.39 is 10.2 Å². The van der Waals surface area contributed by atoms with Gasteiger partial charge in [-0.25, -0.2) is 9.44 Å². The number of nitrogens with zero attached hydrogens (tertiary/aromatic N) is 2. The van der Waals surface area contributed by atoms with Gasteiger partial charge in [-0.15, -0.1) is 0 Å². The highest BCUT2D eigenvalue weighted by Crippen LogP contribution is 2.03. The molecule has 0 atom stereocenters. The summed E-state index contributed by atoms with van der Waals surface area (Å²) in [6.45, 7) is 6.48. The highest BCUT2D eigenvalue weighted by atomic mass is 32.2. The van der Waals surface area contributed by atoms with Gasteiger partial charge >= 0.3 is 0 Å². The zero-order chi connectivity index (χ0) is 13.6. The van der Waals surface area contributed by atoms with E-state index in [0.29, 0.717) is 0 Å². The Balaban J connectivity index is 2.26. The molecule has 1 saturated heterocycles. The third-order valence-corrected chi connectivity index (χ3v) is 4.19. The minimum atomic E-state index is -3.44. The first-order valence-corrected chi connectivity index (χ1v) is 7.65. The molecule has 2 N–H and O–H groups in total. The van der Waals surface area contributed by atoms with E-state index in [9.17, 15) is 13.2 Å². The standard InChI is InChI=1S/C10H22N4O3S/c1-3-13-6-8-14(9-7-13)10(15)4-5-12-18(16,17)11-2/h11-12H,3-9H2,1-2H3. The molecular weight excluding hydrogens is 256 g/mol. The minimum absolute atomic E-state index is 0.00422. The van der Waals surface area contributed by atoms with Gasteiger partial charge < -0.3 is 9.80 Å². The van der Waals surface area contributed by atoms with Crippen LogP contribution >= 0.6 is 0 Å². The van der Waals surface area contributed by atoms with Crippen LogP contribution in [0.5, 0.6) is 0 Å². The van der Waals surface area contributed by atoms with Gasteiger partial charge in [0, 0.05) is 46.2 Å². The first-order chi connectivity index (χ1) is 8.48. The molecule has 0 unspecified atom stereocenters. The Bertz CT molecular complexity index is 363. The Labute approximate surface area is 109 Å². The van der Waals surface area contributed by atoms with Gasteiger partial charge in [-0.3, -0.25) is 4.79 Å². The van der Waals surface area contributed by atoms with E-state index in [1.165, 1.54) is 7.05 Å². The van der Waals surface area contributed by atoms with Crippen LogP contribution in [0, 0.1) is 0 Å². The Kier molecular flexibility index (Phi) is 6.00. The minimum Gasteiger partial charge on any atom is -0.340 e. The molecule has 0 aromatic heterocycles. The van der Waals surface area contributed by atoms with Gasteiger partial charge in [-0.2, -0.15) is 8.42 Å². The zero-order valence-electron chi connectivity index (χ0n) is 11.0. The van der Waals surface area contributed by atoms with Crippen molar-refractivity contribution in [2.45, 2.75) is 13.3 Å². The largest absolute Gasteiger partial charge is 0.340 e. The van der Waals surface area contributed by atoms with Crippen molar-refractivity contribution in [3.63, 3.8) is 0 Å². The fourth-order valence-corrected chi connectivity index (χ4v) is 2.35. The number of hydrogen-bond acceptors (Lipinski definition) is 4. The number of rotatable bonds is 6. The van der Waals surface area contributed by atoms with Crippen LogP contribution in [0.3, 0.4) is 0 Å². The molecule has 1 aliphatic heterocycles. The van der Waals surface area contributed by atoms with E-state index in [-0.39, 0.29) is 18.9 Å². The van der Waals surface area contributed by atoms with E-state index in [4.69, 9.17) is 0 Å². The van der Waals surface area contributed by atoms with Crippen molar-refractivity contribution in [1.82, 2.24) is 19.2 Å². The molecule has 1 rings (SSSR count). The summed E-state index contributed by atoms with van der Waals surface area (Å²) in [6.07, 6.45) is 0.201. The summed E-state index contributed by atoms with van der Waals surface area (Å²) in [4.78, 5) is 15.9. The fraction of sp³-hybridized carbons (Fsp3) is 0.900. The number of likely N-dealkylation sites (N-methyl/N-ethyl adjacent to an activating group) is 1. The van der Waals surface area contributed by atoms with Crippen LogP contribution in [0.15, 0.2) is 0 Å². The van der Waals surface area contributed by atoms with E-state index in [2.05, 4.69) is 21.3 Å². The SMILES string of the molecule is CCN1CCN(C(=O)CCNS(=O)(=O)NC)CC1. The molecule has 0 bridgehead atoms. The van der Waals surface area contributed by atoms with Crippen molar-refractivity contribution in [2.75, 3.05) is 46.3 Å². The lowest BCUT2D eigenvalue weighted by Gasteiger charge is -2.34. The van der Waals surface area contributed by atoms with Crippen molar-refractivity contribution in [2.24, 2.45) is 0 Å². The highest BCUT2D eigenvalue weighted by Gasteiger charge is 2.19. The summed E-state index contributed by atoms with van der Waals surface area (Å²) in [7, 11) is -2.11. The van der Waals surface area contributed by atoms with Crippen LogP contribution in [-0.2, 0) is 15.0 Å². The number of amides is 1. The zero-order valence-corrected chi connectivity index (χ0v) is 11.8. The van der Waals surface area contributed by atoms with E-state index in [1.54, 1.807) is 4.90 Å². The van der Waals surface area contributed by atoms with Crippen LogP contribution in [0.2, 0.25) is 0 Å². The number of hydrogen-bond donors (Lipinski definition) is 2. The molecule has 0 aromatic rings. The quantitative estimate of drug-likeness (QED) is 0.626. The van der Waals surface area contributed by atoms with Gasteiger partial charge in [0.25, 0.3) is 10.2 Å². The maximum absolute atomic E-state index is 11.8. The molecule has 0 spiro atoms. The molecular formula is C10H22N4O3S. The summed E-state index contributed by atoms with van der Waals surface area (Å²) in [5.74, 6) is 0.00422. The molecule has 106 valence electrons. The lowest BCUT2D eigenvalue weighted by atomic mass is 10.3. The highest BCUT2D eigenvalue weighted by molar-refractivity contribution is 7.87. The van der Waals surface area contributed by atoms with Crippen LogP contribution in [0.25, 0.3) is 0 Å². The number of carbonyl (C=O) groups excluding carboxylic acids is 1. The fourth-order valence-electron chi connectivity index (χ4n) is 1.84. The summed E-state index contributed by atoms with van der Waals surface area (Å²) in [6, 6.07) is 0. The summed E-state index contributed by atoms with van der Waals surface area (Å²) < 4.78 is 26.6. The average Bonchev–Trinajstić information content (AvgIpc) is 2.38. The number of carbonyl (C=O) groups is 1. The topological polar surface area (TPSA) is 81.8 Å². The van der Waals surface area contributed by atoms with Crippen molar-refractivity contribution in [1.29, 1.82) is 0 Å². The smallest absolute Gasteiger partial charge is 0.276 e. The van der Waals surface area contributed by atoms with Gasteiger partial charge in [0.1, 0.15) is 0 Å². The van der Waals surface area contributed by atoms with E-state index in [1.807, 2.05) is 0 Å². The molecule has 1 aliphatic rings. The van der Waals surface area contributed by atoms with Crippen molar-refractivity contribution >= 4 is 16.1 Å². The first-order valence-electron chi connectivity index (χ1n) is 6.16. The van der Waals surface area contributed by atoms with Gasteiger partial charge in [-0.1, -0.05) is 6.92 Å². The van der Waals surface area contributed by atoms with Crippen LogP contribution in [0.4, 0.5) is 0 Å². The van der Waals surface area contributed by atoms with Crippen molar-refractivity contribution in [3.8, 4) is 0 Å². The second kappa shape index (κ2) is 7.03. The van der Waals surface area contributed by atoms with Crippen molar-refractivity contribution in [3.05, 3.63) is 0 Å². The number of nitrogens with one attached hydrogen (secondary N) is 2. The van der Waals surface area contributed by atoms with Crippen LogP contribution in [0.1, 0.15) is 13.3 Å². The van der Waals surface area contributed by atoms with Crippen molar-refractivity contribution < 1.29 is 13.2 Å². The van der Waals surface area contributed by atoms with Gasteiger partial charge in [-0.05, 0) is 6.54 Å². The monoisotopic (exact) mass is 278 g/mol. The van der Waals surface area contributed by atoms with Gasteiger partial charge in [0.05, 0.1) is 0 Å². The molecule has 0 radical (unpaired) electrons. The lowest BCUT2D eigenvalue weighted by molar-refractivity contribution is -0.132. The molecule has 1 fully saturated rings. The number of piperazine rings is 1. The summed E-state index contributed by atoms with van der Waals surface area (Å²) in [5.41, 5.74) is 0. The second-order valence-electron chi connectivity index (χ2n) is 4.17. The predicted octanol–water partition coefficient (Wildman–Crippen LogP) is -1.41. The Morgan fingerprint density at radius 2 is 1.83 bits per heavy atom. The molecule has 7 nitrogen and oxygen atoms in total. The Morgan fingerprint density at radius 1 is 1.22 bits per heavy atom. The van der Waals surface area contributed by atoms with Gasteiger partial charge in [0.15, 0.2) is 0 Å². The molecule has 8 heteroatoms. The maximum Gasteiger partial charge on any atom is 0.276 e. The first kappa shape index (κ1) is 15.4. The average molecular weight is 278 g/mol. The normalized spacial score (nSPS) is 18.0. The maximum atomic E-state index is 11.8. The van der Waals surface area contributed by atoms with Crippen LogP contribution < -0.4 is 9.44 Å². The Morgan fingerprint density at radius 3 is 2.33 bits per heavy atom. The molecule has 1 amide bonds. The van der Waals surface area contributed by atoms with Gasteiger partial charge in [0.2, 0.25) is 5.91 Å². The van der Waals surface area contributed by atoms with E-state index >= 15 is 0 Å². The molecule has 0 saturated carbocycles. The molecule has 18 heavy (non-hydrogen) atoms. The molecule has 1 heterocycles. The summed E-state index contributed by atoms with van der Waals surface area (Å²) in [5, 5.41) is 0. The third kappa shape index (κ3) is 4.89. The summed E-state index contributed by atoms with van der Waals surface area (Å²) >= 11 is 0. The Hall–Kier alpha value is -0.700. The lowest BCUT2D eigenvalue weighted by Crippen LogP contribution is -2.49. The van der Waals surface area contributed by atoms with E-state index in [0.717, 1.165) is 32.7 Å². The van der Waals surface area contributed by atoms with Crippen LogP contribution in [-0.4, -0.2) is 70.4 Å². The third-order valence-electron chi connectivity index (χ3n) is 3.07. The molecule has 0 aromatic carbocycles. The second-order valence-corrected chi connectivity index (χ2v) is 5.87. The predicted molar refractivity (Wildman–Crippen MR) is 69.3 cm³/mol. The molecule has 0 aliphatic carbocycles.